The number of ether oxygens (including phenoxy) is 3. The molecule has 0 saturated carbocycles. The Hall–Kier alpha value is -3.45. The highest BCUT2D eigenvalue weighted by Gasteiger charge is 2.44. The van der Waals surface area contributed by atoms with Crippen LogP contribution in [-0.2, 0) is 14.3 Å². The van der Waals surface area contributed by atoms with Gasteiger partial charge < -0.3 is 29.6 Å². The fourth-order valence-corrected chi connectivity index (χ4v) is 2.24. The topological polar surface area (TPSA) is 136 Å². The van der Waals surface area contributed by atoms with Crippen LogP contribution >= 0.6 is 0 Å². The Morgan fingerprint density at radius 2 is 2.00 bits per heavy atom. The van der Waals surface area contributed by atoms with Crippen molar-refractivity contribution in [1.29, 1.82) is 0 Å². The summed E-state index contributed by atoms with van der Waals surface area (Å²) in [5.74, 6) is -2.96. The minimum absolute atomic E-state index is 0.461. The lowest BCUT2D eigenvalue weighted by Crippen LogP contribution is -2.54. The van der Waals surface area contributed by atoms with Gasteiger partial charge in [0, 0.05) is 12.3 Å². The zero-order valence-corrected chi connectivity index (χ0v) is 14.9. The summed E-state index contributed by atoms with van der Waals surface area (Å²) in [6.45, 7) is -1.06. The van der Waals surface area contributed by atoms with E-state index in [-0.39, 0.29) is 0 Å². The Morgan fingerprint density at radius 1 is 1.31 bits per heavy atom. The van der Waals surface area contributed by atoms with Gasteiger partial charge in [0.2, 0.25) is 18.0 Å². The number of carboxylic acid groups (broad SMARTS) is 1. The van der Waals surface area contributed by atoms with E-state index in [0.29, 0.717) is 4.90 Å². The lowest BCUT2D eigenvalue weighted by atomic mass is 10.2. The molecule has 1 aliphatic rings. The number of aliphatic carboxylic acids is 1. The fourth-order valence-electron chi connectivity index (χ4n) is 2.24. The van der Waals surface area contributed by atoms with Crippen LogP contribution in [-0.4, -0.2) is 65.0 Å². The summed E-state index contributed by atoms with van der Waals surface area (Å²) in [6, 6.07) is -1.15. The van der Waals surface area contributed by atoms with Gasteiger partial charge in [0.05, 0.1) is 6.42 Å². The molecule has 0 fully saturated rings. The summed E-state index contributed by atoms with van der Waals surface area (Å²) >= 11 is 0. The molecule has 0 bridgehead atoms. The third-order valence-electron chi connectivity index (χ3n) is 3.79. The average molecular weight is 423 g/mol. The molecule has 11 nitrogen and oxygen atoms in total. The van der Waals surface area contributed by atoms with Crippen molar-refractivity contribution >= 4 is 18.0 Å². The van der Waals surface area contributed by atoms with Crippen molar-refractivity contribution < 1.29 is 46.9 Å². The van der Waals surface area contributed by atoms with Gasteiger partial charge in [-0.05, 0) is 6.92 Å². The predicted molar refractivity (Wildman–Crippen MR) is 86.8 cm³/mol. The van der Waals surface area contributed by atoms with Gasteiger partial charge in [-0.25, -0.2) is 4.79 Å². The monoisotopic (exact) mass is 423 g/mol. The van der Waals surface area contributed by atoms with Crippen LogP contribution in [0.5, 0.6) is 5.75 Å². The SMILES string of the molecule is C[C@@H](N1CNn2ccc(=O)c(OCOC(=O)OCCC(=O)O)c2C1=O)C(F)(F)F. The Bertz CT molecular complexity index is 854. The van der Waals surface area contributed by atoms with Crippen LogP contribution in [0.3, 0.4) is 0 Å². The molecule has 0 radical (unpaired) electrons. The average Bonchev–Trinajstić information content (AvgIpc) is 2.62. The highest BCUT2D eigenvalue weighted by Crippen LogP contribution is 2.28. The van der Waals surface area contributed by atoms with Crippen LogP contribution < -0.4 is 15.6 Å². The summed E-state index contributed by atoms with van der Waals surface area (Å²) in [5.41, 5.74) is 1.17. The zero-order valence-electron chi connectivity index (χ0n) is 14.9. The normalized spacial score (nSPS) is 14.5. The van der Waals surface area contributed by atoms with E-state index < -0.39 is 73.6 Å². The molecule has 1 aliphatic heterocycles. The van der Waals surface area contributed by atoms with Crippen molar-refractivity contribution in [1.82, 2.24) is 9.58 Å². The lowest BCUT2D eigenvalue weighted by Gasteiger charge is -2.36. The van der Waals surface area contributed by atoms with Crippen LogP contribution in [0, 0.1) is 0 Å². The Balaban J connectivity index is 2.11. The van der Waals surface area contributed by atoms with Crippen molar-refractivity contribution in [2.45, 2.75) is 25.6 Å². The third-order valence-corrected chi connectivity index (χ3v) is 3.79. The van der Waals surface area contributed by atoms with Crippen LogP contribution in [0.1, 0.15) is 23.8 Å². The number of nitrogens with one attached hydrogen (secondary N) is 1. The van der Waals surface area contributed by atoms with E-state index in [9.17, 15) is 32.3 Å². The van der Waals surface area contributed by atoms with Crippen molar-refractivity contribution in [2.75, 3.05) is 25.5 Å². The highest BCUT2D eigenvalue weighted by atomic mass is 19.4. The smallest absolute Gasteiger partial charge is 0.481 e. The van der Waals surface area contributed by atoms with Crippen molar-refractivity contribution in [2.24, 2.45) is 0 Å². The summed E-state index contributed by atoms with van der Waals surface area (Å²) in [6.07, 6.45) is -5.32. The lowest BCUT2D eigenvalue weighted by molar-refractivity contribution is -0.172. The first kappa shape index (κ1) is 21.8. The van der Waals surface area contributed by atoms with Crippen molar-refractivity contribution in [3.05, 3.63) is 28.2 Å². The minimum atomic E-state index is -4.70. The maximum Gasteiger partial charge on any atom is 0.511 e. The Labute approximate surface area is 160 Å². The number of fused-ring (bicyclic) bond motifs is 1. The van der Waals surface area contributed by atoms with E-state index in [0.717, 1.165) is 23.9 Å². The molecule has 0 saturated heterocycles. The van der Waals surface area contributed by atoms with Crippen molar-refractivity contribution in [3.8, 4) is 5.75 Å². The van der Waals surface area contributed by atoms with Crippen molar-refractivity contribution in [3.63, 3.8) is 0 Å². The van der Waals surface area contributed by atoms with Gasteiger partial charge in [0.1, 0.15) is 19.3 Å². The maximum absolute atomic E-state index is 13.0. The molecular weight excluding hydrogens is 407 g/mol. The quantitative estimate of drug-likeness (QED) is 0.480. The second-order valence-corrected chi connectivity index (χ2v) is 5.69. The van der Waals surface area contributed by atoms with Gasteiger partial charge >= 0.3 is 18.3 Å². The highest BCUT2D eigenvalue weighted by molar-refractivity contribution is 5.96. The third kappa shape index (κ3) is 5.30. The number of amides is 1. The first-order valence-electron chi connectivity index (χ1n) is 8.03. The van der Waals surface area contributed by atoms with Crippen LogP contribution in [0.25, 0.3) is 0 Å². The molecule has 160 valence electrons. The minimum Gasteiger partial charge on any atom is -0.481 e. The van der Waals surface area contributed by atoms with E-state index in [1.165, 1.54) is 0 Å². The molecule has 14 heteroatoms. The molecule has 0 spiro atoms. The maximum atomic E-state index is 13.0. The Morgan fingerprint density at radius 3 is 2.62 bits per heavy atom. The molecule has 1 aromatic rings. The van der Waals surface area contributed by atoms with E-state index in [1.54, 1.807) is 0 Å². The number of pyridine rings is 1. The number of rotatable bonds is 7. The predicted octanol–water partition coefficient (Wildman–Crippen LogP) is 0.720. The number of hydrogen-bond acceptors (Lipinski definition) is 8. The molecular formula is C15H16F3N3O8. The number of carbonyl (C=O) groups excluding carboxylic acids is 2. The number of aromatic nitrogens is 1. The van der Waals surface area contributed by atoms with Gasteiger partial charge in [-0.2, -0.15) is 13.2 Å². The van der Waals surface area contributed by atoms with Crippen LogP contribution in [0.2, 0.25) is 0 Å². The number of carboxylic acids is 1. The number of hydrogen-bond donors (Lipinski definition) is 2. The number of alkyl halides is 3. The zero-order chi connectivity index (χ0) is 21.8. The fraction of sp³-hybridized carbons (Fsp3) is 0.467. The van der Waals surface area contributed by atoms with E-state index in [1.807, 2.05) is 0 Å². The molecule has 2 N–H and O–H groups in total. The molecule has 2 heterocycles. The molecule has 0 aliphatic carbocycles. The molecule has 0 aromatic carbocycles. The van der Waals surface area contributed by atoms with E-state index >= 15 is 0 Å². The van der Waals surface area contributed by atoms with Gasteiger partial charge in [0.25, 0.3) is 5.91 Å². The standard InChI is InChI=1S/C15H16F3N3O8/c1-8(15(16,17)18)20-6-19-21-4-2-9(22)12(11(21)13(20)25)28-7-29-14(26)27-5-3-10(23)24/h2,4,8,19H,3,5-7H2,1H3,(H,23,24)/t8-/m1/s1. The van der Waals surface area contributed by atoms with Gasteiger partial charge in [0.15, 0.2) is 5.69 Å². The van der Waals surface area contributed by atoms with Gasteiger partial charge in [-0.1, -0.05) is 0 Å². The summed E-state index contributed by atoms with van der Waals surface area (Å²) < 4.78 is 53.8. The first-order chi connectivity index (χ1) is 13.5. The summed E-state index contributed by atoms with van der Waals surface area (Å²) in [5, 5.41) is 8.42. The molecule has 2 rings (SSSR count). The number of nitrogens with zero attached hydrogens (tertiary/aromatic N) is 2. The second-order valence-electron chi connectivity index (χ2n) is 5.69. The molecule has 29 heavy (non-hydrogen) atoms. The summed E-state index contributed by atoms with van der Waals surface area (Å²) in [7, 11) is 0. The van der Waals surface area contributed by atoms with Gasteiger partial charge in [-0.3, -0.25) is 19.1 Å². The number of halogens is 3. The Kier molecular flexibility index (Phi) is 6.56. The van der Waals surface area contributed by atoms with Crippen LogP contribution in [0.4, 0.5) is 18.0 Å². The molecule has 0 unspecified atom stereocenters. The summed E-state index contributed by atoms with van der Waals surface area (Å²) in [4.78, 5) is 46.6. The number of carbonyl (C=O) groups is 3. The van der Waals surface area contributed by atoms with Crippen LogP contribution in [0.15, 0.2) is 17.1 Å². The first-order valence-corrected chi connectivity index (χ1v) is 8.03. The van der Waals surface area contributed by atoms with E-state index in [2.05, 4.69) is 14.9 Å². The second kappa shape index (κ2) is 8.70. The molecule has 1 aromatic heterocycles. The van der Waals surface area contributed by atoms with E-state index in [4.69, 9.17) is 9.84 Å². The largest absolute Gasteiger partial charge is 0.511 e. The van der Waals surface area contributed by atoms with Gasteiger partial charge in [-0.15, -0.1) is 0 Å². The molecule has 1 atom stereocenters. The molecule has 1 amide bonds.